The number of nitrogens with one attached hydrogen (secondary N) is 1. The molecule has 1 aromatic heterocycles. The fourth-order valence-electron chi connectivity index (χ4n) is 3.04. The van der Waals surface area contributed by atoms with Crippen molar-refractivity contribution in [3.05, 3.63) is 54.1 Å². The van der Waals surface area contributed by atoms with Gasteiger partial charge in [-0.2, -0.15) is 4.98 Å². The summed E-state index contributed by atoms with van der Waals surface area (Å²) in [7, 11) is 0. The van der Waals surface area contributed by atoms with E-state index in [0.717, 1.165) is 35.4 Å². The molecule has 2 heterocycles. The molecule has 3 aromatic rings. The van der Waals surface area contributed by atoms with Crippen LogP contribution in [0.5, 0.6) is 0 Å². The molecule has 25 heavy (non-hydrogen) atoms. The summed E-state index contributed by atoms with van der Waals surface area (Å²) in [6.45, 7) is 2.09. The van der Waals surface area contributed by atoms with Crippen LogP contribution in [0.4, 0.5) is 11.7 Å². The predicted octanol–water partition coefficient (Wildman–Crippen LogP) is 4.66. The Balaban J connectivity index is 1.35. The van der Waals surface area contributed by atoms with Crippen molar-refractivity contribution < 1.29 is 13.9 Å². The van der Waals surface area contributed by atoms with Gasteiger partial charge >= 0.3 is 0 Å². The van der Waals surface area contributed by atoms with Gasteiger partial charge < -0.3 is 19.2 Å². The van der Waals surface area contributed by atoms with Crippen LogP contribution in [0, 0.1) is 0 Å². The van der Waals surface area contributed by atoms with E-state index in [1.807, 2.05) is 36.4 Å². The Morgan fingerprint density at radius 3 is 2.96 bits per heavy atom. The molecule has 1 saturated heterocycles. The maximum absolute atomic E-state index is 5.82. The summed E-state index contributed by atoms with van der Waals surface area (Å²) >= 11 is 0. The molecule has 130 valence electrons. The van der Waals surface area contributed by atoms with Crippen molar-refractivity contribution in [2.24, 2.45) is 0 Å². The molecular weight excluding hydrogens is 316 g/mol. The van der Waals surface area contributed by atoms with Gasteiger partial charge in [0.25, 0.3) is 6.01 Å². The molecular formula is C20H22N2O3. The molecule has 0 saturated carbocycles. The lowest BCUT2D eigenvalue weighted by Gasteiger charge is -2.22. The second-order valence-corrected chi connectivity index (χ2v) is 6.32. The van der Waals surface area contributed by atoms with Crippen molar-refractivity contribution >= 4 is 22.8 Å². The van der Waals surface area contributed by atoms with Crippen LogP contribution in [0.3, 0.4) is 0 Å². The van der Waals surface area contributed by atoms with Gasteiger partial charge in [0, 0.05) is 12.3 Å². The first-order valence-corrected chi connectivity index (χ1v) is 8.78. The van der Waals surface area contributed by atoms with Gasteiger partial charge in [-0.05, 0) is 49.1 Å². The molecule has 1 aliphatic heterocycles. The molecule has 2 aromatic carbocycles. The van der Waals surface area contributed by atoms with Gasteiger partial charge in [-0.1, -0.05) is 24.3 Å². The van der Waals surface area contributed by atoms with Crippen molar-refractivity contribution in [1.82, 2.24) is 4.98 Å². The molecule has 0 bridgehead atoms. The summed E-state index contributed by atoms with van der Waals surface area (Å²) in [5, 5.41) is 3.22. The van der Waals surface area contributed by atoms with Gasteiger partial charge in [-0.25, -0.2) is 0 Å². The van der Waals surface area contributed by atoms with Crippen LogP contribution in [0.1, 0.15) is 24.8 Å². The highest BCUT2D eigenvalue weighted by Crippen LogP contribution is 2.22. The minimum absolute atomic E-state index is 0.245. The number of ether oxygens (including phenoxy) is 2. The average Bonchev–Trinajstić information content (AvgIpc) is 3.05. The Hall–Kier alpha value is -2.37. The topological polar surface area (TPSA) is 56.5 Å². The van der Waals surface area contributed by atoms with Crippen molar-refractivity contribution in [2.45, 2.75) is 32.0 Å². The number of oxazole rings is 1. The molecule has 1 aliphatic rings. The third-order valence-electron chi connectivity index (χ3n) is 4.32. The van der Waals surface area contributed by atoms with Gasteiger partial charge in [0.05, 0.1) is 19.3 Å². The number of benzene rings is 2. The Bertz CT molecular complexity index is 791. The van der Waals surface area contributed by atoms with Crippen LogP contribution in [-0.2, 0) is 16.1 Å². The van der Waals surface area contributed by atoms with Crippen LogP contribution in [0.25, 0.3) is 11.1 Å². The second-order valence-electron chi connectivity index (χ2n) is 6.32. The first kappa shape index (κ1) is 16.1. The monoisotopic (exact) mass is 338 g/mol. The van der Waals surface area contributed by atoms with E-state index in [1.165, 1.54) is 12.8 Å². The SMILES string of the molecule is c1cc(COCC2CCCCO2)cc(Nc2nc3ccccc3o2)c1. The number of aromatic nitrogens is 1. The van der Waals surface area contributed by atoms with Gasteiger partial charge in [0.2, 0.25) is 0 Å². The highest BCUT2D eigenvalue weighted by Gasteiger charge is 2.13. The van der Waals surface area contributed by atoms with Crippen LogP contribution in [0.2, 0.25) is 0 Å². The second kappa shape index (κ2) is 7.68. The third kappa shape index (κ3) is 4.18. The fourth-order valence-corrected chi connectivity index (χ4v) is 3.04. The van der Waals surface area contributed by atoms with Gasteiger partial charge in [0.1, 0.15) is 5.52 Å². The number of fused-ring (bicyclic) bond motifs is 1. The number of nitrogens with zero attached hydrogens (tertiary/aromatic N) is 1. The summed E-state index contributed by atoms with van der Waals surface area (Å²) in [4.78, 5) is 4.44. The lowest BCUT2D eigenvalue weighted by molar-refractivity contribution is -0.0447. The molecule has 1 unspecified atom stereocenters. The maximum Gasteiger partial charge on any atom is 0.300 e. The zero-order valence-electron chi connectivity index (χ0n) is 14.1. The summed E-state index contributed by atoms with van der Waals surface area (Å²) in [5.41, 5.74) is 3.66. The zero-order valence-corrected chi connectivity index (χ0v) is 14.1. The Kier molecular flexibility index (Phi) is 4.95. The van der Waals surface area contributed by atoms with Crippen molar-refractivity contribution in [2.75, 3.05) is 18.5 Å². The van der Waals surface area contributed by atoms with Crippen LogP contribution in [0.15, 0.2) is 52.9 Å². The van der Waals surface area contributed by atoms with Crippen molar-refractivity contribution in [1.29, 1.82) is 0 Å². The number of hydrogen-bond acceptors (Lipinski definition) is 5. The van der Waals surface area contributed by atoms with E-state index >= 15 is 0 Å². The highest BCUT2D eigenvalue weighted by atomic mass is 16.5. The van der Waals surface area contributed by atoms with Gasteiger partial charge in [-0.3, -0.25) is 0 Å². The Morgan fingerprint density at radius 2 is 2.08 bits per heavy atom. The summed E-state index contributed by atoms with van der Waals surface area (Å²) in [6, 6.07) is 16.3. The number of rotatable bonds is 6. The van der Waals surface area contributed by atoms with E-state index in [0.29, 0.717) is 19.2 Å². The maximum atomic E-state index is 5.82. The molecule has 0 spiro atoms. The van der Waals surface area contributed by atoms with Gasteiger partial charge in [0.15, 0.2) is 5.58 Å². The van der Waals surface area contributed by atoms with Crippen LogP contribution < -0.4 is 5.32 Å². The van der Waals surface area contributed by atoms with Crippen molar-refractivity contribution in [3.8, 4) is 0 Å². The molecule has 0 radical (unpaired) electrons. The summed E-state index contributed by atoms with van der Waals surface area (Å²) in [6.07, 6.45) is 3.74. The normalized spacial score (nSPS) is 17.7. The first-order chi connectivity index (χ1) is 12.4. The van der Waals surface area contributed by atoms with E-state index < -0.39 is 0 Å². The molecule has 4 rings (SSSR count). The fraction of sp³-hybridized carbons (Fsp3) is 0.350. The minimum atomic E-state index is 0.245. The summed E-state index contributed by atoms with van der Waals surface area (Å²) in [5.74, 6) is 0. The quantitative estimate of drug-likeness (QED) is 0.708. The van der Waals surface area contributed by atoms with Gasteiger partial charge in [-0.15, -0.1) is 0 Å². The number of para-hydroxylation sites is 2. The molecule has 5 nitrogen and oxygen atoms in total. The predicted molar refractivity (Wildman–Crippen MR) is 97.0 cm³/mol. The van der Waals surface area contributed by atoms with E-state index in [4.69, 9.17) is 13.9 Å². The molecule has 0 aliphatic carbocycles. The lowest BCUT2D eigenvalue weighted by Crippen LogP contribution is -2.24. The lowest BCUT2D eigenvalue weighted by atomic mass is 10.1. The smallest absolute Gasteiger partial charge is 0.300 e. The Labute approximate surface area is 147 Å². The van der Waals surface area contributed by atoms with Crippen LogP contribution in [-0.4, -0.2) is 24.3 Å². The number of anilines is 2. The molecule has 0 amide bonds. The van der Waals surface area contributed by atoms with E-state index in [-0.39, 0.29) is 6.10 Å². The van der Waals surface area contributed by atoms with E-state index in [1.54, 1.807) is 0 Å². The third-order valence-corrected chi connectivity index (χ3v) is 4.32. The standard InChI is InChI=1S/C20H22N2O3/c1-2-10-19-18(9-1)22-20(25-19)21-16-7-5-6-15(12-16)13-23-14-17-8-3-4-11-24-17/h1-2,5-7,9-10,12,17H,3-4,8,11,13-14H2,(H,21,22). The molecule has 1 fully saturated rings. The average molecular weight is 338 g/mol. The Morgan fingerprint density at radius 1 is 1.12 bits per heavy atom. The van der Waals surface area contributed by atoms with Crippen LogP contribution >= 0.6 is 0 Å². The molecule has 5 heteroatoms. The summed E-state index contributed by atoms with van der Waals surface area (Å²) < 4.78 is 17.2. The molecule has 1 atom stereocenters. The largest absolute Gasteiger partial charge is 0.423 e. The molecule has 1 N–H and O–H groups in total. The zero-order chi connectivity index (χ0) is 16.9. The van der Waals surface area contributed by atoms with E-state index in [9.17, 15) is 0 Å². The van der Waals surface area contributed by atoms with Crippen molar-refractivity contribution in [3.63, 3.8) is 0 Å². The highest BCUT2D eigenvalue weighted by molar-refractivity contribution is 5.75. The first-order valence-electron chi connectivity index (χ1n) is 8.78. The minimum Gasteiger partial charge on any atom is -0.423 e. The van der Waals surface area contributed by atoms with E-state index in [2.05, 4.69) is 22.4 Å². The number of hydrogen-bond donors (Lipinski definition) is 1.